The summed E-state index contributed by atoms with van der Waals surface area (Å²) in [5.74, 6) is -1.94. The van der Waals surface area contributed by atoms with Gasteiger partial charge in [-0.2, -0.15) is 19.9 Å². The van der Waals surface area contributed by atoms with E-state index in [0.29, 0.717) is 67.2 Å². The third-order valence-corrected chi connectivity index (χ3v) is 18.8. The van der Waals surface area contributed by atoms with Crippen LogP contribution in [0.4, 0.5) is 29.2 Å². The van der Waals surface area contributed by atoms with Gasteiger partial charge < -0.3 is 35.0 Å². The molecule has 3 aliphatic carbocycles. The maximum absolute atomic E-state index is 17.5. The molecule has 4 N–H and O–H groups in total. The molecule has 8 aliphatic rings. The van der Waals surface area contributed by atoms with Crippen molar-refractivity contribution in [2.24, 2.45) is 0 Å². The monoisotopic (exact) mass is 1070 g/mol. The van der Waals surface area contributed by atoms with E-state index in [-0.39, 0.29) is 111 Å². The van der Waals surface area contributed by atoms with Gasteiger partial charge in [-0.15, -0.1) is 0 Å². The average Bonchev–Trinajstić information content (AvgIpc) is 3.96. The van der Waals surface area contributed by atoms with E-state index in [9.17, 15) is 15.3 Å². The predicted molar refractivity (Wildman–Crippen MR) is 289 cm³/mol. The normalized spacial score (nSPS) is 27.2. The zero-order valence-electron chi connectivity index (χ0n) is 43.4. The third-order valence-electron chi connectivity index (χ3n) is 18.8. The van der Waals surface area contributed by atoms with E-state index in [0.717, 1.165) is 57.2 Å². The van der Waals surface area contributed by atoms with Crippen LogP contribution in [-0.2, 0) is 0 Å². The number of ether oxygens (including phenoxy) is 2. The maximum Gasteiger partial charge on any atom is 0.319 e. The minimum absolute atomic E-state index is 0.00916. The molecular formula is C60H58F4N10O5. The summed E-state index contributed by atoms with van der Waals surface area (Å²) < 4.78 is 79.8. The Morgan fingerprint density at radius 3 is 1.96 bits per heavy atom. The lowest BCUT2D eigenvalue weighted by atomic mass is 9.46. The van der Waals surface area contributed by atoms with E-state index < -0.39 is 46.6 Å². The van der Waals surface area contributed by atoms with Crippen LogP contribution in [0.2, 0.25) is 0 Å². The van der Waals surface area contributed by atoms with E-state index >= 15 is 17.6 Å². The number of fused-ring (bicyclic) bond motifs is 6. The number of anilines is 2. The van der Waals surface area contributed by atoms with Gasteiger partial charge in [0.05, 0.1) is 39.7 Å². The molecule has 0 spiro atoms. The molecule has 4 atom stereocenters. The maximum atomic E-state index is 17.5. The molecule has 0 radical (unpaired) electrons. The van der Waals surface area contributed by atoms with Crippen molar-refractivity contribution in [2.75, 3.05) is 56.2 Å². The fourth-order valence-electron chi connectivity index (χ4n) is 15.3. The standard InChI is InChI=1S/C60H58F4N10O5/c61-42-12-2-8-33-7-1-10-38(45(33)42)49-48(64)52-41(25-66-49)54(72-26-34(75)23-35(76)27-72)70-56(68-52)79-32-59-18-6-22-74(59)44(15-19-59)36-13-14-43(62)46-37(36)9-3-11-39(46)50-47(63)51-40(24-65-50)53(71-57-28-60(77,29-57)30-57)69-55(67-51)78-31-58-16-4-20-73(58)21-5-17-58/h1-3,7-14,24-25,34-35,44,75-77H,4-6,15-23,26-32H2,(H,67,69,71)/t34-,35+,44?,57?,59?,60?. The third kappa shape index (κ3) is 7.84. The van der Waals surface area contributed by atoms with E-state index in [1.165, 1.54) is 18.3 Å². The van der Waals surface area contributed by atoms with Crippen molar-refractivity contribution in [2.45, 2.75) is 118 Å². The van der Waals surface area contributed by atoms with Crippen LogP contribution in [0.1, 0.15) is 88.7 Å². The number of halogens is 4. The van der Waals surface area contributed by atoms with Crippen LogP contribution < -0.4 is 19.7 Å². The first-order chi connectivity index (χ1) is 38.3. The van der Waals surface area contributed by atoms with Crippen LogP contribution in [0, 0.1) is 23.3 Å². The van der Waals surface area contributed by atoms with Gasteiger partial charge in [-0.1, -0.05) is 54.6 Å². The molecule has 4 aromatic carbocycles. The molecule has 8 fully saturated rings. The summed E-state index contributed by atoms with van der Waals surface area (Å²) >= 11 is 0. The van der Waals surface area contributed by atoms with Crippen molar-refractivity contribution in [3.63, 3.8) is 0 Å². The average molecular weight is 1080 g/mol. The van der Waals surface area contributed by atoms with Gasteiger partial charge in [-0.25, -0.2) is 17.6 Å². The number of nitrogens with zero attached hydrogens (tertiary/aromatic N) is 9. The van der Waals surface area contributed by atoms with E-state index in [2.05, 4.69) is 25.1 Å². The Morgan fingerprint density at radius 2 is 1.24 bits per heavy atom. The number of pyridine rings is 2. The van der Waals surface area contributed by atoms with Crippen LogP contribution in [-0.4, -0.2) is 135 Å². The molecule has 15 nitrogen and oxygen atoms in total. The lowest BCUT2D eigenvalue weighted by Crippen LogP contribution is -2.75. The molecule has 79 heavy (non-hydrogen) atoms. The summed E-state index contributed by atoms with van der Waals surface area (Å²) in [7, 11) is 0. The van der Waals surface area contributed by atoms with E-state index in [1.807, 2.05) is 12.1 Å². The second kappa shape index (κ2) is 18.1. The number of aliphatic hydroxyl groups is 3. The van der Waals surface area contributed by atoms with Crippen molar-refractivity contribution in [3.8, 4) is 34.5 Å². The number of hydrogen-bond acceptors (Lipinski definition) is 15. The number of β-amino-alcohol motifs (C(OH)–C–C–N with tert-alkyl or cyclic N) is 2. The van der Waals surface area contributed by atoms with Crippen LogP contribution in [0.5, 0.6) is 12.0 Å². The fourth-order valence-corrected chi connectivity index (χ4v) is 15.3. The number of aliphatic hydroxyl groups excluding tert-OH is 2. The first-order valence-corrected chi connectivity index (χ1v) is 27.8. The highest BCUT2D eigenvalue weighted by molar-refractivity contribution is 6.02. The molecule has 2 unspecified atom stereocenters. The van der Waals surface area contributed by atoms with Gasteiger partial charge in [0.25, 0.3) is 0 Å². The summed E-state index contributed by atoms with van der Waals surface area (Å²) in [6.07, 6.45) is 10.3. The van der Waals surface area contributed by atoms with Crippen molar-refractivity contribution in [1.29, 1.82) is 0 Å². The molecule has 406 valence electrons. The lowest BCUT2D eigenvalue weighted by molar-refractivity contribution is -0.195. The first-order valence-electron chi connectivity index (χ1n) is 27.8. The summed E-state index contributed by atoms with van der Waals surface area (Å²) in [5.41, 5.74) is -0.486. The van der Waals surface area contributed by atoms with Gasteiger partial charge >= 0.3 is 12.0 Å². The summed E-state index contributed by atoms with van der Waals surface area (Å²) in [4.78, 5) is 34.8. The zero-order valence-corrected chi connectivity index (χ0v) is 43.4. The van der Waals surface area contributed by atoms with E-state index in [1.54, 1.807) is 53.6 Å². The molecule has 0 amide bonds. The zero-order chi connectivity index (χ0) is 53.6. The molecule has 4 aromatic heterocycles. The minimum atomic E-state index is -0.877. The minimum Gasteiger partial charge on any atom is -0.461 e. The van der Waals surface area contributed by atoms with Gasteiger partial charge in [0.1, 0.15) is 58.9 Å². The smallest absolute Gasteiger partial charge is 0.319 e. The topological polar surface area (TPSA) is 178 Å². The van der Waals surface area contributed by atoms with Gasteiger partial charge in [-0.3, -0.25) is 19.8 Å². The van der Waals surface area contributed by atoms with Crippen molar-refractivity contribution in [3.05, 3.63) is 108 Å². The first kappa shape index (κ1) is 49.2. The molecule has 5 aliphatic heterocycles. The van der Waals surface area contributed by atoms with Crippen LogP contribution in [0.3, 0.4) is 0 Å². The Kier molecular flexibility index (Phi) is 11.2. The Morgan fingerprint density at radius 1 is 0.633 bits per heavy atom. The highest BCUT2D eigenvalue weighted by atomic mass is 19.1. The van der Waals surface area contributed by atoms with Gasteiger partial charge in [0.15, 0.2) is 11.6 Å². The van der Waals surface area contributed by atoms with Gasteiger partial charge in [-0.05, 0) is 119 Å². The van der Waals surface area contributed by atoms with Crippen LogP contribution >= 0.6 is 0 Å². The Balaban J connectivity index is 0.759. The van der Waals surface area contributed by atoms with E-state index in [4.69, 9.17) is 29.4 Å². The predicted octanol–water partition coefficient (Wildman–Crippen LogP) is 9.33. The number of piperidine rings is 1. The molecular weight excluding hydrogens is 1020 g/mol. The Labute approximate surface area is 451 Å². The SMILES string of the molecule is O[C@@H]1C[C@H](O)CN(c2nc(OCC34CCCN3C(c3ccc(F)c5c(-c6ncc7c(NC89CC(O)(C8)C9)nc(OCC89CCCN8CCC9)nc7c6F)cccc35)CC4)nc3c(F)c(-c4cccc5cccc(F)c45)ncc23)C1. The summed E-state index contributed by atoms with van der Waals surface area (Å²) in [5, 5.41) is 37.9. The molecule has 5 saturated heterocycles. The van der Waals surface area contributed by atoms with Crippen LogP contribution in [0.15, 0.2) is 79.1 Å². The quantitative estimate of drug-likeness (QED) is 0.0851. The Bertz CT molecular complexity index is 3790. The Hall–Kier alpha value is -6.90. The molecule has 8 aromatic rings. The number of rotatable bonds is 12. The van der Waals surface area contributed by atoms with Gasteiger partial charge in [0, 0.05) is 65.4 Å². The van der Waals surface area contributed by atoms with Crippen molar-refractivity contribution >= 4 is 55.0 Å². The van der Waals surface area contributed by atoms with Crippen molar-refractivity contribution < 1.29 is 42.4 Å². The molecule has 2 bridgehead atoms. The summed E-state index contributed by atoms with van der Waals surface area (Å²) in [6.45, 7) is 3.51. The van der Waals surface area contributed by atoms with Gasteiger partial charge in [0.2, 0.25) is 0 Å². The lowest BCUT2D eigenvalue weighted by Gasteiger charge is -2.67. The highest BCUT2D eigenvalue weighted by Crippen LogP contribution is 2.62. The molecule has 19 heteroatoms. The number of hydrogen-bond donors (Lipinski definition) is 4. The second-order valence-electron chi connectivity index (χ2n) is 23.7. The number of benzene rings is 4. The largest absolute Gasteiger partial charge is 0.461 e. The molecule has 16 rings (SSSR count). The second-order valence-corrected chi connectivity index (χ2v) is 23.7. The van der Waals surface area contributed by atoms with Crippen LogP contribution in [0.25, 0.3) is 65.9 Å². The number of nitrogens with one attached hydrogen (secondary N) is 1. The highest BCUT2D eigenvalue weighted by Gasteiger charge is 2.68. The van der Waals surface area contributed by atoms with Crippen molar-refractivity contribution in [1.82, 2.24) is 39.7 Å². The molecule has 3 saturated carbocycles. The fraction of sp³-hybridized carbons (Fsp3) is 0.433. The summed E-state index contributed by atoms with van der Waals surface area (Å²) in [6, 6.07) is 18.1. The molecule has 9 heterocycles. The number of aromatic nitrogens is 6.